The summed E-state index contributed by atoms with van der Waals surface area (Å²) >= 11 is 0. The van der Waals surface area contributed by atoms with Gasteiger partial charge in [0.1, 0.15) is 0 Å². The standard InChI is InChI=1S/C23H25N3O3/c1-4-5-15-29-23(28)18-11-13-19(14-12-18)24-22(27)21-16(2)25-26(17(21)3)20-9-7-6-8-10-20/h6-14H,4-5,15H2,1-3H3,(H,24,27). The van der Waals surface area contributed by atoms with Crippen LogP contribution in [0, 0.1) is 13.8 Å². The molecule has 0 atom stereocenters. The highest BCUT2D eigenvalue weighted by Gasteiger charge is 2.19. The van der Waals surface area contributed by atoms with Gasteiger partial charge in [-0.15, -0.1) is 0 Å². The number of carbonyl (C=O) groups excluding carboxylic acids is 2. The van der Waals surface area contributed by atoms with Crippen molar-refractivity contribution in [1.82, 2.24) is 9.78 Å². The highest BCUT2D eigenvalue weighted by Crippen LogP contribution is 2.20. The molecule has 1 heterocycles. The van der Waals surface area contributed by atoms with Crippen molar-refractivity contribution in [2.75, 3.05) is 11.9 Å². The summed E-state index contributed by atoms with van der Waals surface area (Å²) in [5.41, 5.74) is 3.92. The number of aromatic nitrogens is 2. The lowest BCUT2D eigenvalue weighted by Gasteiger charge is -2.08. The number of aryl methyl sites for hydroxylation is 1. The third kappa shape index (κ3) is 4.71. The third-order valence-electron chi connectivity index (χ3n) is 4.63. The Morgan fingerprint density at radius 2 is 1.72 bits per heavy atom. The summed E-state index contributed by atoms with van der Waals surface area (Å²) in [4.78, 5) is 24.8. The van der Waals surface area contributed by atoms with Gasteiger partial charge in [0.05, 0.1) is 34.8 Å². The van der Waals surface area contributed by atoms with Gasteiger partial charge in [0.2, 0.25) is 0 Å². The van der Waals surface area contributed by atoms with E-state index in [4.69, 9.17) is 4.74 Å². The summed E-state index contributed by atoms with van der Waals surface area (Å²) in [6.45, 7) is 6.14. The van der Waals surface area contributed by atoms with Crippen LogP contribution in [0.25, 0.3) is 5.69 Å². The maximum absolute atomic E-state index is 12.8. The first-order chi connectivity index (χ1) is 14.0. The molecule has 0 spiro atoms. The van der Waals surface area contributed by atoms with Crippen LogP contribution in [0.5, 0.6) is 0 Å². The molecule has 0 saturated heterocycles. The van der Waals surface area contributed by atoms with E-state index in [0.717, 1.165) is 24.2 Å². The van der Waals surface area contributed by atoms with Crippen LogP contribution in [0.3, 0.4) is 0 Å². The number of esters is 1. The second kappa shape index (κ2) is 9.19. The zero-order valence-electron chi connectivity index (χ0n) is 16.9. The number of unbranched alkanes of at least 4 members (excludes halogenated alkanes) is 1. The van der Waals surface area contributed by atoms with E-state index >= 15 is 0 Å². The van der Waals surface area contributed by atoms with Gasteiger partial charge in [-0.25, -0.2) is 9.48 Å². The molecule has 0 aliphatic carbocycles. The Labute approximate surface area is 170 Å². The average molecular weight is 391 g/mol. The van der Waals surface area contributed by atoms with Gasteiger partial charge in [0.15, 0.2) is 0 Å². The van der Waals surface area contributed by atoms with E-state index in [9.17, 15) is 9.59 Å². The Morgan fingerprint density at radius 3 is 2.38 bits per heavy atom. The summed E-state index contributed by atoms with van der Waals surface area (Å²) in [5.74, 6) is -0.590. The predicted molar refractivity (Wildman–Crippen MR) is 113 cm³/mol. The Balaban J connectivity index is 1.72. The summed E-state index contributed by atoms with van der Waals surface area (Å²) in [5, 5.41) is 7.39. The molecule has 2 aromatic carbocycles. The molecule has 6 heteroatoms. The van der Waals surface area contributed by atoms with Crippen LogP contribution in [0.4, 0.5) is 5.69 Å². The molecule has 1 aromatic heterocycles. The molecular formula is C23H25N3O3. The summed E-state index contributed by atoms with van der Waals surface area (Å²) in [7, 11) is 0. The highest BCUT2D eigenvalue weighted by atomic mass is 16.5. The van der Waals surface area contributed by atoms with Gasteiger partial charge in [-0.1, -0.05) is 31.5 Å². The van der Waals surface area contributed by atoms with Gasteiger partial charge < -0.3 is 10.1 Å². The Bertz CT molecular complexity index is 992. The van der Waals surface area contributed by atoms with Crippen LogP contribution in [-0.4, -0.2) is 28.3 Å². The van der Waals surface area contributed by atoms with Crippen LogP contribution in [-0.2, 0) is 4.74 Å². The minimum Gasteiger partial charge on any atom is -0.462 e. The molecule has 29 heavy (non-hydrogen) atoms. The van der Waals surface area contributed by atoms with E-state index in [1.165, 1.54) is 0 Å². The monoisotopic (exact) mass is 391 g/mol. The predicted octanol–water partition coefficient (Wildman–Crippen LogP) is 4.70. The van der Waals surface area contributed by atoms with E-state index in [0.29, 0.717) is 29.1 Å². The molecule has 1 amide bonds. The number of benzene rings is 2. The van der Waals surface area contributed by atoms with Crippen molar-refractivity contribution in [2.45, 2.75) is 33.6 Å². The fourth-order valence-electron chi connectivity index (χ4n) is 3.07. The van der Waals surface area contributed by atoms with Crippen LogP contribution in [0.2, 0.25) is 0 Å². The number of hydrogen-bond acceptors (Lipinski definition) is 4. The minimum absolute atomic E-state index is 0.236. The first-order valence-corrected chi connectivity index (χ1v) is 9.71. The smallest absolute Gasteiger partial charge is 0.338 e. The van der Waals surface area contributed by atoms with E-state index in [-0.39, 0.29) is 11.9 Å². The van der Waals surface area contributed by atoms with E-state index < -0.39 is 0 Å². The highest BCUT2D eigenvalue weighted by molar-refractivity contribution is 6.06. The maximum Gasteiger partial charge on any atom is 0.338 e. The van der Waals surface area contributed by atoms with Crippen molar-refractivity contribution >= 4 is 17.6 Å². The van der Waals surface area contributed by atoms with Crippen molar-refractivity contribution < 1.29 is 14.3 Å². The molecular weight excluding hydrogens is 366 g/mol. The molecule has 0 bridgehead atoms. The van der Waals surface area contributed by atoms with Gasteiger partial charge in [0, 0.05) is 5.69 Å². The molecule has 0 saturated carbocycles. The minimum atomic E-state index is -0.354. The van der Waals surface area contributed by atoms with Crippen molar-refractivity contribution in [3.8, 4) is 5.69 Å². The number of amides is 1. The van der Waals surface area contributed by atoms with Gasteiger partial charge >= 0.3 is 5.97 Å². The molecule has 0 fully saturated rings. The van der Waals surface area contributed by atoms with Crippen LogP contribution >= 0.6 is 0 Å². The quantitative estimate of drug-likeness (QED) is 0.468. The topological polar surface area (TPSA) is 73.2 Å². The lowest BCUT2D eigenvalue weighted by Crippen LogP contribution is -2.14. The number of rotatable bonds is 7. The zero-order valence-corrected chi connectivity index (χ0v) is 16.9. The second-order valence-electron chi connectivity index (χ2n) is 6.81. The van der Waals surface area contributed by atoms with Gasteiger partial charge in [-0.2, -0.15) is 5.10 Å². The summed E-state index contributed by atoms with van der Waals surface area (Å²) in [6.07, 6.45) is 1.81. The zero-order chi connectivity index (χ0) is 20.8. The van der Waals surface area contributed by atoms with E-state index in [1.54, 1.807) is 28.9 Å². The third-order valence-corrected chi connectivity index (χ3v) is 4.63. The molecule has 0 radical (unpaired) electrons. The molecule has 6 nitrogen and oxygen atoms in total. The molecule has 0 aliphatic heterocycles. The number of hydrogen-bond donors (Lipinski definition) is 1. The molecule has 0 unspecified atom stereocenters. The molecule has 1 N–H and O–H groups in total. The maximum atomic E-state index is 12.8. The Hall–Kier alpha value is -3.41. The second-order valence-corrected chi connectivity index (χ2v) is 6.81. The summed E-state index contributed by atoms with van der Waals surface area (Å²) in [6, 6.07) is 16.4. The first-order valence-electron chi connectivity index (χ1n) is 9.71. The fourth-order valence-corrected chi connectivity index (χ4v) is 3.07. The van der Waals surface area contributed by atoms with Gasteiger partial charge in [-0.3, -0.25) is 4.79 Å². The number of ether oxygens (including phenoxy) is 1. The average Bonchev–Trinajstić information content (AvgIpc) is 3.03. The number of nitrogens with zero attached hydrogens (tertiary/aromatic N) is 2. The van der Waals surface area contributed by atoms with Crippen LogP contribution in [0.1, 0.15) is 51.9 Å². The lowest BCUT2D eigenvalue weighted by molar-refractivity contribution is 0.0499. The van der Waals surface area contributed by atoms with Crippen molar-refractivity contribution in [3.05, 3.63) is 77.1 Å². The first kappa shape index (κ1) is 20.3. The number of anilines is 1. The molecule has 3 rings (SSSR count). The van der Waals surface area contributed by atoms with Crippen molar-refractivity contribution in [1.29, 1.82) is 0 Å². The molecule has 150 valence electrons. The molecule has 3 aromatic rings. The van der Waals surface area contributed by atoms with E-state index in [2.05, 4.69) is 10.4 Å². The number of para-hydroxylation sites is 1. The Morgan fingerprint density at radius 1 is 1.03 bits per heavy atom. The van der Waals surface area contributed by atoms with Gasteiger partial charge in [-0.05, 0) is 56.7 Å². The molecule has 0 aliphatic rings. The number of carbonyl (C=O) groups is 2. The van der Waals surface area contributed by atoms with Crippen LogP contribution in [0.15, 0.2) is 54.6 Å². The van der Waals surface area contributed by atoms with Crippen molar-refractivity contribution in [2.24, 2.45) is 0 Å². The summed E-state index contributed by atoms with van der Waals surface area (Å²) < 4.78 is 6.96. The normalized spacial score (nSPS) is 10.6. The van der Waals surface area contributed by atoms with Crippen LogP contribution < -0.4 is 5.32 Å². The number of nitrogens with one attached hydrogen (secondary N) is 1. The Kier molecular flexibility index (Phi) is 6.44. The van der Waals surface area contributed by atoms with E-state index in [1.807, 2.05) is 51.1 Å². The fraction of sp³-hybridized carbons (Fsp3) is 0.261. The lowest BCUT2D eigenvalue weighted by atomic mass is 10.1. The van der Waals surface area contributed by atoms with Crippen molar-refractivity contribution in [3.63, 3.8) is 0 Å². The van der Waals surface area contributed by atoms with Gasteiger partial charge in [0.25, 0.3) is 5.91 Å². The SMILES string of the molecule is CCCCOC(=O)c1ccc(NC(=O)c2c(C)nn(-c3ccccc3)c2C)cc1. The largest absolute Gasteiger partial charge is 0.462 e.